The third-order valence-electron chi connectivity index (χ3n) is 4.59. The van der Waals surface area contributed by atoms with E-state index in [0.717, 1.165) is 37.6 Å². The zero-order valence-electron chi connectivity index (χ0n) is 12.1. The van der Waals surface area contributed by atoms with Crippen LogP contribution in [0.3, 0.4) is 0 Å². The van der Waals surface area contributed by atoms with Gasteiger partial charge < -0.3 is 4.74 Å². The van der Waals surface area contributed by atoms with Crippen molar-refractivity contribution in [2.75, 3.05) is 40.4 Å². The summed E-state index contributed by atoms with van der Waals surface area (Å²) >= 11 is 0. The molecule has 1 aromatic rings. The molecule has 1 unspecified atom stereocenters. The standard InChI is InChI=1S/C14H24N4O/c1-11-4-13(16-15-11)7-18-9-14(10-18)5-12(8-19-3)6-17(14)2/h4,12H,5-10H2,1-3H3,(H,15,16). The van der Waals surface area contributed by atoms with Gasteiger partial charge in [-0.15, -0.1) is 0 Å². The van der Waals surface area contributed by atoms with Gasteiger partial charge in [-0.2, -0.15) is 5.10 Å². The highest BCUT2D eigenvalue weighted by atomic mass is 16.5. The van der Waals surface area contributed by atoms with E-state index in [4.69, 9.17) is 4.74 Å². The van der Waals surface area contributed by atoms with Crippen molar-refractivity contribution in [3.63, 3.8) is 0 Å². The quantitative estimate of drug-likeness (QED) is 0.876. The molecule has 19 heavy (non-hydrogen) atoms. The first kappa shape index (κ1) is 13.1. The molecule has 0 aromatic carbocycles. The number of aryl methyl sites for hydroxylation is 1. The van der Waals surface area contributed by atoms with Crippen LogP contribution >= 0.6 is 0 Å². The van der Waals surface area contributed by atoms with Gasteiger partial charge in [-0.1, -0.05) is 0 Å². The lowest BCUT2D eigenvalue weighted by molar-refractivity contribution is -0.0230. The van der Waals surface area contributed by atoms with E-state index in [9.17, 15) is 0 Å². The third-order valence-corrected chi connectivity index (χ3v) is 4.59. The maximum atomic E-state index is 5.31. The summed E-state index contributed by atoms with van der Waals surface area (Å²) in [6.45, 7) is 7.40. The van der Waals surface area contributed by atoms with Crippen molar-refractivity contribution in [1.82, 2.24) is 20.0 Å². The smallest absolute Gasteiger partial charge is 0.0765 e. The lowest BCUT2D eigenvalue weighted by atomic mass is 9.84. The van der Waals surface area contributed by atoms with Crippen LogP contribution in [0.2, 0.25) is 0 Å². The highest BCUT2D eigenvalue weighted by Crippen LogP contribution is 2.39. The number of ether oxygens (including phenoxy) is 1. The molecule has 5 heteroatoms. The Balaban J connectivity index is 1.54. The molecule has 0 radical (unpaired) electrons. The second-order valence-corrected chi connectivity index (χ2v) is 6.32. The Morgan fingerprint density at radius 3 is 2.95 bits per heavy atom. The topological polar surface area (TPSA) is 44.4 Å². The predicted octanol–water partition coefficient (Wildman–Crippen LogP) is 0.871. The molecule has 2 saturated heterocycles. The minimum Gasteiger partial charge on any atom is -0.384 e. The van der Waals surface area contributed by atoms with Crippen LogP contribution < -0.4 is 0 Å². The Hall–Kier alpha value is -0.910. The van der Waals surface area contributed by atoms with Gasteiger partial charge in [-0.25, -0.2) is 0 Å². The van der Waals surface area contributed by atoms with Gasteiger partial charge in [0.1, 0.15) is 0 Å². The molecule has 106 valence electrons. The van der Waals surface area contributed by atoms with Gasteiger partial charge in [0.15, 0.2) is 0 Å². The SMILES string of the molecule is COCC1CN(C)C2(C1)CN(Cc1cc(C)[nH]n1)C2. The molecule has 0 amide bonds. The first-order valence-electron chi connectivity index (χ1n) is 7.05. The van der Waals surface area contributed by atoms with E-state index >= 15 is 0 Å². The number of aromatic amines is 1. The second kappa shape index (κ2) is 4.89. The van der Waals surface area contributed by atoms with Crippen molar-refractivity contribution >= 4 is 0 Å². The van der Waals surface area contributed by atoms with E-state index < -0.39 is 0 Å². The van der Waals surface area contributed by atoms with E-state index in [1.807, 2.05) is 6.92 Å². The summed E-state index contributed by atoms with van der Waals surface area (Å²) in [5.41, 5.74) is 2.69. The molecule has 3 heterocycles. The predicted molar refractivity (Wildman–Crippen MR) is 73.9 cm³/mol. The maximum absolute atomic E-state index is 5.31. The fourth-order valence-corrected chi connectivity index (χ4v) is 3.74. The molecular formula is C14H24N4O. The molecule has 2 fully saturated rings. The largest absolute Gasteiger partial charge is 0.384 e. The second-order valence-electron chi connectivity index (χ2n) is 6.32. The molecule has 1 atom stereocenters. The number of hydrogen-bond acceptors (Lipinski definition) is 4. The summed E-state index contributed by atoms with van der Waals surface area (Å²) in [7, 11) is 4.06. The fourth-order valence-electron chi connectivity index (χ4n) is 3.74. The summed E-state index contributed by atoms with van der Waals surface area (Å²) in [6, 6.07) is 2.14. The number of likely N-dealkylation sites (tertiary alicyclic amines) is 2. The van der Waals surface area contributed by atoms with Crippen LogP contribution in [0.4, 0.5) is 0 Å². The Labute approximate surface area is 114 Å². The highest BCUT2D eigenvalue weighted by Gasteiger charge is 2.51. The Morgan fingerprint density at radius 1 is 1.53 bits per heavy atom. The normalized spacial score (nSPS) is 27.0. The Bertz CT molecular complexity index is 438. The van der Waals surface area contributed by atoms with Gasteiger partial charge in [-0.05, 0) is 32.4 Å². The van der Waals surface area contributed by atoms with Gasteiger partial charge in [0.2, 0.25) is 0 Å². The van der Waals surface area contributed by atoms with E-state index in [2.05, 4.69) is 33.1 Å². The number of rotatable bonds is 4. The van der Waals surface area contributed by atoms with E-state index in [1.165, 1.54) is 13.0 Å². The van der Waals surface area contributed by atoms with Crippen LogP contribution in [0.5, 0.6) is 0 Å². The molecule has 0 saturated carbocycles. The highest BCUT2D eigenvalue weighted by molar-refractivity contribution is 5.12. The van der Waals surface area contributed by atoms with Crippen LogP contribution in [-0.2, 0) is 11.3 Å². The van der Waals surface area contributed by atoms with E-state index in [0.29, 0.717) is 11.5 Å². The van der Waals surface area contributed by atoms with Crippen LogP contribution in [0.25, 0.3) is 0 Å². The zero-order valence-corrected chi connectivity index (χ0v) is 12.1. The van der Waals surface area contributed by atoms with Gasteiger partial charge in [-0.3, -0.25) is 14.9 Å². The molecule has 1 spiro atoms. The van der Waals surface area contributed by atoms with Crippen molar-refractivity contribution in [3.8, 4) is 0 Å². The molecule has 1 N–H and O–H groups in total. The molecule has 3 rings (SSSR count). The van der Waals surface area contributed by atoms with Crippen molar-refractivity contribution in [2.24, 2.45) is 5.92 Å². The third kappa shape index (κ3) is 2.42. The monoisotopic (exact) mass is 264 g/mol. The van der Waals surface area contributed by atoms with Gasteiger partial charge >= 0.3 is 0 Å². The van der Waals surface area contributed by atoms with Crippen molar-refractivity contribution in [2.45, 2.75) is 25.4 Å². The fraction of sp³-hybridized carbons (Fsp3) is 0.786. The summed E-state index contributed by atoms with van der Waals surface area (Å²) in [4.78, 5) is 5.02. The average molecular weight is 264 g/mol. The van der Waals surface area contributed by atoms with Crippen LogP contribution in [-0.4, -0.2) is 65.9 Å². The Kier molecular flexibility index (Phi) is 3.37. The number of aromatic nitrogens is 2. The number of nitrogens with one attached hydrogen (secondary N) is 1. The molecular weight excluding hydrogens is 240 g/mol. The number of nitrogens with zero attached hydrogens (tertiary/aromatic N) is 3. The van der Waals surface area contributed by atoms with Crippen LogP contribution in [0, 0.1) is 12.8 Å². The number of hydrogen-bond donors (Lipinski definition) is 1. The zero-order chi connectivity index (χ0) is 13.5. The number of H-pyrrole nitrogens is 1. The van der Waals surface area contributed by atoms with Gasteiger partial charge in [0, 0.05) is 44.5 Å². The number of likely N-dealkylation sites (N-methyl/N-ethyl adjacent to an activating group) is 1. The lowest BCUT2D eigenvalue weighted by Crippen LogP contribution is -2.66. The van der Waals surface area contributed by atoms with Crippen molar-refractivity contribution < 1.29 is 4.74 Å². The van der Waals surface area contributed by atoms with Gasteiger partial charge in [0.05, 0.1) is 12.3 Å². The minimum absolute atomic E-state index is 0.397. The molecule has 1 aromatic heterocycles. The van der Waals surface area contributed by atoms with Crippen molar-refractivity contribution in [1.29, 1.82) is 0 Å². The molecule has 0 bridgehead atoms. The maximum Gasteiger partial charge on any atom is 0.0765 e. The first-order chi connectivity index (χ1) is 9.11. The van der Waals surface area contributed by atoms with Crippen molar-refractivity contribution in [3.05, 3.63) is 17.5 Å². The summed E-state index contributed by atoms with van der Waals surface area (Å²) < 4.78 is 5.31. The molecule has 2 aliphatic rings. The van der Waals surface area contributed by atoms with Crippen LogP contribution in [0.1, 0.15) is 17.8 Å². The Morgan fingerprint density at radius 2 is 2.32 bits per heavy atom. The average Bonchev–Trinajstić information content (AvgIpc) is 2.84. The molecule has 2 aliphatic heterocycles. The summed E-state index contributed by atoms with van der Waals surface area (Å²) in [5, 5.41) is 7.33. The molecule has 0 aliphatic carbocycles. The number of methoxy groups -OCH3 is 1. The van der Waals surface area contributed by atoms with Crippen LogP contribution in [0.15, 0.2) is 6.07 Å². The lowest BCUT2D eigenvalue weighted by Gasteiger charge is -2.52. The first-order valence-corrected chi connectivity index (χ1v) is 7.05. The minimum atomic E-state index is 0.397. The van der Waals surface area contributed by atoms with Gasteiger partial charge in [0.25, 0.3) is 0 Å². The summed E-state index contributed by atoms with van der Waals surface area (Å²) in [6.07, 6.45) is 1.27. The molecule has 5 nitrogen and oxygen atoms in total. The van der Waals surface area contributed by atoms with E-state index in [-0.39, 0.29) is 0 Å². The van der Waals surface area contributed by atoms with E-state index in [1.54, 1.807) is 7.11 Å². The summed E-state index contributed by atoms with van der Waals surface area (Å²) in [5.74, 6) is 0.699.